The summed E-state index contributed by atoms with van der Waals surface area (Å²) >= 11 is 0. The van der Waals surface area contributed by atoms with Gasteiger partial charge in [0.2, 0.25) is 0 Å². The maximum atomic E-state index is 10.5. The minimum atomic E-state index is -4.00. The first kappa shape index (κ1) is 22.9. The number of benzene rings is 3. The van der Waals surface area contributed by atoms with E-state index < -0.39 is 20.6 Å². The number of aromatic hydroxyl groups is 1. The van der Waals surface area contributed by atoms with E-state index in [2.05, 4.69) is 4.36 Å². The minimum absolute atomic E-state index is 0. The van der Waals surface area contributed by atoms with Crippen molar-refractivity contribution in [1.82, 2.24) is 0 Å². The van der Waals surface area contributed by atoms with Gasteiger partial charge in [-0.05, 0) is 24.3 Å². The second kappa shape index (κ2) is 10.3. The van der Waals surface area contributed by atoms with E-state index in [1.165, 1.54) is 12.1 Å². The Morgan fingerprint density at radius 2 is 1.38 bits per heavy atom. The molecule has 0 radical (unpaired) electrons. The summed E-state index contributed by atoms with van der Waals surface area (Å²) in [6.45, 7) is 0. The van der Waals surface area contributed by atoms with E-state index in [1.54, 1.807) is 54.6 Å². The predicted octanol–water partition coefficient (Wildman–Crippen LogP) is 2.52. The third kappa shape index (κ3) is 6.56. The number of fused-ring (bicyclic) bond motifs is 1. The molecule has 0 heterocycles. The van der Waals surface area contributed by atoms with Crippen molar-refractivity contribution >= 4 is 88.5 Å². The normalized spacial score (nSPS) is 10.2. The molecular weight excluding hydrogens is 405 g/mol. The number of nitrogens with zero attached hydrogens (tertiary/aromatic N) is 1. The zero-order chi connectivity index (χ0) is 18.4. The first-order chi connectivity index (χ1) is 11.8. The molecule has 0 unspecified atom stereocenters. The first-order valence-corrected chi connectivity index (χ1v) is 9.30. The number of phenolic OH excluding ortho intramolecular Hbond substituents is 1. The number of rotatable bonds is 2. The van der Waals surface area contributed by atoms with E-state index in [4.69, 9.17) is 4.55 Å². The van der Waals surface area contributed by atoms with E-state index in [1.807, 2.05) is 0 Å². The third-order valence-electron chi connectivity index (χ3n) is 3.09. The molecular formula is C16H14KNO6S2. The van der Waals surface area contributed by atoms with Gasteiger partial charge < -0.3 is 5.11 Å². The summed E-state index contributed by atoms with van der Waals surface area (Å²) in [6, 6.07) is 17.2. The van der Waals surface area contributed by atoms with Crippen LogP contribution >= 0.6 is 0 Å². The second-order valence-corrected chi connectivity index (χ2v) is 6.78. The van der Waals surface area contributed by atoms with Crippen LogP contribution in [0.2, 0.25) is 0 Å². The number of phenols is 1. The molecule has 2 N–H and O–H groups in total. The summed E-state index contributed by atoms with van der Waals surface area (Å²) in [5, 5.41) is 10.7. The molecule has 0 atom stereocenters. The second-order valence-electron chi connectivity index (χ2n) is 4.75. The molecule has 3 aromatic rings. The molecule has 0 aliphatic rings. The summed E-state index contributed by atoms with van der Waals surface area (Å²) < 4.78 is 53.6. The SMILES string of the molecule is O=S(=O)(O)c1ccccc1.O=S(=O)=Nc1cccc2c(O)cccc12.[KH]. The molecule has 3 rings (SSSR count). The van der Waals surface area contributed by atoms with Gasteiger partial charge in [0.05, 0.1) is 10.6 Å². The Hall–Kier alpha value is -1.11. The Balaban J connectivity index is 0.000000270. The van der Waals surface area contributed by atoms with Crippen LogP contribution in [-0.2, 0) is 20.6 Å². The van der Waals surface area contributed by atoms with Gasteiger partial charge in [0, 0.05) is 10.8 Å². The fraction of sp³-hybridized carbons (Fsp3) is 0. The molecule has 3 aromatic carbocycles. The van der Waals surface area contributed by atoms with Crippen molar-refractivity contribution in [3.8, 4) is 5.75 Å². The van der Waals surface area contributed by atoms with Crippen LogP contribution in [0.4, 0.5) is 5.69 Å². The van der Waals surface area contributed by atoms with E-state index in [0.717, 1.165) is 0 Å². The van der Waals surface area contributed by atoms with Crippen molar-refractivity contribution in [2.24, 2.45) is 4.36 Å². The average molecular weight is 420 g/mol. The van der Waals surface area contributed by atoms with Crippen LogP contribution in [0.1, 0.15) is 0 Å². The van der Waals surface area contributed by atoms with Crippen molar-refractivity contribution in [3.05, 3.63) is 66.7 Å². The van der Waals surface area contributed by atoms with Crippen LogP contribution in [0.5, 0.6) is 5.75 Å². The molecule has 10 heteroatoms. The van der Waals surface area contributed by atoms with Crippen LogP contribution in [0.3, 0.4) is 0 Å². The predicted molar refractivity (Wildman–Crippen MR) is 100 cm³/mol. The molecule has 0 spiro atoms. The molecule has 7 nitrogen and oxygen atoms in total. The van der Waals surface area contributed by atoms with Crippen LogP contribution in [0.25, 0.3) is 10.8 Å². The Morgan fingerprint density at radius 3 is 1.92 bits per heavy atom. The van der Waals surface area contributed by atoms with Gasteiger partial charge in [-0.25, -0.2) is 0 Å². The number of hydrogen-bond donors (Lipinski definition) is 2. The molecule has 0 amide bonds. The summed E-state index contributed by atoms with van der Waals surface area (Å²) in [5.41, 5.74) is 0.330. The molecule has 0 saturated carbocycles. The van der Waals surface area contributed by atoms with Crippen LogP contribution < -0.4 is 0 Å². The summed E-state index contributed by atoms with van der Waals surface area (Å²) in [6.07, 6.45) is 0. The van der Waals surface area contributed by atoms with E-state index in [-0.39, 0.29) is 62.0 Å². The molecule has 0 aliphatic heterocycles. The summed E-state index contributed by atoms with van der Waals surface area (Å²) in [7, 11) is -6.49. The zero-order valence-corrected chi connectivity index (χ0v) is 14.3. The van der Waals surface area contributed by atoms with Crippen molar-refractivity contribution in [3.63, 3.8) is 0 Å². The quantitative estimate of drug-likeness (QED) is 0.486. The monoisotopic (exact) mass is 419 g/mol. The van der Waals surface area contributed by atoms with Crippen LogP contribution in [0, 0.1) is 0 Å². The van der Waals surface area contributed by atoms with Crippen molar-refractivity contribution in [2.75, 3.05) is 0 Å². The molecule has 26 heavy (non-hydrogen) atoms. The van der Waals surface area contributed by atoms with Gasteiger partial charge in [0.1, 0.15) is 5.75 Å². The van der Waals surface area contributed by atoms with Gasteiger partial charge >= 0.3 is 61.9 Å². The van der Waals surface area contributed by atoms with E-state index >= 15 is 0 Å². The van der Waals surface area contributed by atoms with Crippen molar-refractivity contribution in [2.45, 2.75) is 4.90 Å². The molecule has 0 saturated heterocycles. The van der Waals surface area contributed by atoms with E-state index in [9.17, 15) is 21.9 Å². The average Bonchev–Trinajstić information content (AvgIpc) is 2.56. The Kier molecular flexibility index (Phi) is 9.06. The van der Waals surface area contributed by atoms with Gasteiger partial charge in [0.15, 0.2) is 0 Å². The van der Waals surface area contributed by atoms with Crippen LogP contribution in [0.15, 0.2) is 76.0 Å². The molecule has 132 valence electrons. The Labute approximate surface area is 194 Å². The van der Waals surface area contributed by atoms with Gasteiger partial charge in [-0.2, -0.15) is 16.8 Å². The topological polar surface area (TPSA) is 121 Å². The first-order valence-electron chi connectivity index (χ1n) is 6.83. The standard InChI is InChI=1S/C10H7NO3S.C6H6O3S.K.H/c12-10-6-2-3-7-8(10)4-1-5-9(7)11-15(13)14;7-10(8,9)6-4-2-1-3-5-6;;/h1-6,12H;1-5H,(H,7,8,9);;. The number of hydrogen-bond acceptors (Lipinski definition) is 6. The Bertz CT molecular complexity index is 1120. The summed E-state index contributed by atoms with van der Waals surface area (Å²) in [5.74, 6) is 0.112. The van der Waals surface area contributed by atoms with Crippen molar-refractivity contribution in [1.29, 1.82) is 0 Å². The van der Waals surface area contributed by atoms with E-state index in [0.29, 0.717) is 16.5 Å². The molecule has 0 aliphatic carbocycles. The fourth-order valence-corrected chi connectivity index (χ4v) is 2.85. The maximum absolute atomic E-state index is 10.5. The fourth-order valence-electron chi connectivity index (χ4n) is 2.03. The van der Waals surface area contributed by atoms with Gasteiger partial charge in [-0.15, -0.1) is 4.36 Å². The zero-order valence-electron chi connectivity index (χ0n) is 12.6. The molecule has 0 bridgehead atoms. The molecule has 0 aromatic heterocycles. The Morgan fingerprint density at radius 1 is 0.808 bits per heavy atom. The van der Waals surface area contributed by atoms with Gasteiger partial charge in [-0.3, -0.25) is 4.55 Å². The summed E-state index contributed by atoms with van der Waals surface area (Å²) in [4.78, 5) is -0.0741. The third-order valence-corrected chi connectivity index (χ3v) is 4.30. The van der Waals surface area contributed by atoms with Crippen LogP contribution in [-0.4, -0.2) is 77.9 Å². The molecule has 0 fully saturated rings. The van der Waals surface area contributed by atoms with Gasteiger partial charge in [0.25, 0.3) is 10.1 Å². The van der Waals surface area contributed by atoms with Gasteiger partial charge in [-0.1, -0.05) is 42.5 Å². The van der Waals surface area contributed by atoms with Crippen molar-refractivity contribution < 1.29 is 26.5 Å².